The van der Waals surface area contributed by atoms with Gasteiger partial charge in [-0.1, -0.05) is 12.1 Å². The summed E-state index contributed by atoms with van der Waals surface area (Å²) in [6.07, 6.45) is 0. The lowest BCUT2D eigenvalue weighted by Gasteiger charge is -2.09. The van der Waals surface area contributed by atoms with E-state index in [1.807, 2.05) is 5.38 Å². The predicted octanol–water partition coefficient (Wildman–Crippen LogP) is 3.76. The van der Waals surface area contributed by atoms with Crippen LogP contribution in [0.15, 0.2) is 59.4 Å². The van der Waals surface area contributed by atoms with Crippen LogP contribution in [0.5, 0.6) is 5.75 Å². The van der Waals surface area contributed by atoms with Crippen LogP contribution in [-0.4, -0.2) is 24.0 Å². The van der Waals surface area contributed by atoms with Gasteiger partial charge in [-0.3, -0.25) is 4.79 Å². The number of esters is 1. The van der Waals surface area contributed by atoms with Gasteiger partial charge in [-0.25, -0.2) is 9.78 Å². The van der Waals surface area contributed by atoms with Crippen LogP contribution >= 0.6 is 11.3 Å². The molecule has 0 fully saturated rings. The number of ether oxygens (including phenoxy) is 2. The molecule has 1 N–H and O–H groups in total. The third kappa shape index (κ3) is 4.46. The summed E-state index contributed by atoms with van der Waals surface area (Å²) in [5.41, 5.74) is 3.90. The average Bonchev–Trinajstić information content (AvgIpc) is 3.20. The van der Waals surface area contributed by atoms with E-state index in [4.69, 9.17) is 4.74 Å². The van der Waals surface area contributed by atoms with Crippen LogP contribution in [-0.2, 0) is 11.3 Å². The van der Waals surface area contributed by atoms with Crippen LogP contribution in [0, 0.1) is 0 Å². The summed E-state index contributed by atoms with van der Waals surface area (Å²) in [6.45, 7) is 0.343. The molecule has 2 aromatic carbocycles. The van der Waals surface area contributed by atoms with Gasteiger partial charge in [-0.2, -0.15) is 0 Å². The number of benzene rings is 2. The number of carbonyl (C=O) groups is 2. The number of methoxy groups -OCH3 is 1. The number of nitrogens with zero attached hydrogens (tertiary/aromatic N) is 1. The number of rotatable bonds is 6. The van der Waals surface area contributed by atoms with E-state index in [9.17, 15) is 9.59 Å². The maximum absolute atomic E-state index is 12.5. The molecule has 0 radical (unpaired) electrons. The van der Waals surface area contributed by atoms with Crippen molar-refractivity contribution in [3.63, 3.8) is 0 Å². The summed E-state index contributed by atoms with van der Waals surface area (Å²) in [4.78, 5) is 28.2. The van der Waals surface area contributed by atoms with Gasteiger partial charge in [0.1, 0.15) is 12.4 Å². The average molecular weight is 368 g/mol. The first-order chi connectivity index (χ1) is 12.7. The summed E-state index contributed by atoms with van der Waals surface area (Å²) in [6, 6.07) is 13.4. The molecule has 0 unspecified atom stereocenters. The fourth-order valence-electron chi connectivity index (χ4n) is 2.24. The van der Waals surface area contributed by atoms with Gasteiger partial charge < -0.3 is 14.8 Å². The highest BCUT2D eigenvalue weighted by molar-refractivity contribution is 7.07. The first kappa shape index (κ1) is 17.6. The number of aromatic nitrogens is 1. The van der Waals surface area contributed by atoms with Gasteiger partial charge in [0.05, 0.1) is 23.9 Å². The molecule has 1 amide bonds. The van der Waals surface area contributed by atoms with Crippen LogP contribution in [0.25, 0.3) is 0 Å². The Balaban J connectivity index is 1.68. The Hall–Kier alpha value is -3.19. The molecular formula is C19H16N2O4S. The Morgan fingerprint density at radius 3 is 2.69 bits per heavy atom. The maximum atomic E-state index is 12.5. The highest BCUT2D eigenvalue weighted by Gasteiger charge is 2.10. The van der Waals surface area contributed by atoms with Gasteiger partial charge in [-0.05, 0) is 36.4 Å². The molecule has 0 saturated carbocycles. The second-order valence-corrected chi connectivity index (χ2v) is 6.04. The van der Waals surface area contributed by atoms with Crippen molar-refractivity contribution in [1.29, 1.82) is 0 Å². The van der Waals surface area contributed by atoms with Crippen LogP contribution in [0.3, 0.4) is 0 Å². The minimum Gasteiger partial charge on any atom is -0.487 e. The zero-order valence-electron chi connectivity index (χ0n) is 14.0. The number of anilines is 1. The summed E-state index contributed by atoms with van der Waals surface area (Å²) in [7, 11) is 1.31. The largest absolute Gasteiger partial charge is 0.487 e. The zero-order valence-corrected chi connectivity index (χ0v) is 14.8. The second-order valence-electron chi connectivity index (χ2n) is 5.32. The SMILES string of the molecule is COC(=O)c1cccc(NC(=O)c2cccc(OCc3cscn3)c2)c1. The van der Waals surface area contributed by atoms with Crippen LogP contribution < -0.4 is 10.1 Å². The van der Waals surface area contributed by atoms with Crippen molar-refractivity contribution in [3.8, 4) is 5.75 Å². The number of carbonyl (C=O) groups excluding carboxylic acids is 2. The van der Waals surface area contributed by atoms with Crippen molar-refractivity contribution in [1.82, 2.24) is 4.98 Å². The summed E-state index contributed by atoms with van der Waals surface area (Å²) in [5, 5.41) is 4.67. The fraction of sp³-hybridized carbons (Fsp3) is 0.105. The predicted molar refractivity (Wildman–Crippen MR) is 98.6 cm³/mol. The van der Waals surface area contributed by atoms with Crippen LogP contribution in [0.4, 0.5) is 5.69 Å². The molecule has 0 bridgehead atoms. The molecule has 0 aliphatic carbocycles. The highest BCUT2D eigenvalue weighted by Crippen LogP contribution is 2.18. The third-order valence-electron chi connectivity index (χ3n) is 3.51. The second kappa shape index (κ2) is 8.26. The quantitative estimate of drug-likeness (QED) is 0.670. The molecule has 3 aromatic rings. The standard InChI is InChI=1S/C19H16N2O4S/c1-24-19(23)14-5-2-6-15(8-14)21-18(22)13-4-3-7-17(9-13)25-10-16-11-26-12-20-16/h2-9,11-12H,10H2,1H3,(H,21,22). The van der Waals surface area contributed by atoms with E-state index in [1.54, 1.807) is 54.0 Å². The minimum atomic E-state index is -0.460. The van der Waals surface area contributed by atoms with E-state index in [1.165, 1.54) is 18.4 Å². The van der Waals surface area contributed by atoms with Crippen molar-refractivity contribution in [2.75, 3.05) is 12.4 Å². The monoisotopic (exact) mass is 368 g/mol. The number of hydrogen-bond acceptors (Lipinski definition) is 6. The topological polar surface area (TPSA) is 77.5 Å². The lowest BCUT2D eigenvalue weighted by molar-refractivity contribution is 0.0600. The lowest BCUT2D eigenvalue weighted by Crippen LogP contribution is -2.12. The summed E-state index contributed by atoms with van der Waals surface area (Å²) >= 11 is 1.50. The van der Waals surface area contributed by atoms with Gasteiger partial charge in [0.2, 0.25) is 0 Å². The van der Waals surface area contributed by atoms with E-state index in [-0.39, 0.29) is 5.91 Å². The normalized spacial score (nSPS) is 10.2. The van der Waals surface area contributed by atoms with Crippen molar-refractivity contribution in [2.24, 2.45) is 0 Å². The van der Waals surface area contributed by atoms with Crippen molar-refractivity contribution in [3.05, 3.63) is 76.2 Å². The van der Waals surface area contributed by atoms with Gasteiger partial charge in [0.15, 0.2) is 0 Å². The summed E-state index contributed by atoms with van der Waals surface area (Å²) < 4.78 is 10.3. The van der Waals surface area contributed by atoms with Gasteiger partial charge in [0, 0.05) is 16.6 Å². The smallest absolute Gasteiger partial charge is 0.337 e. The van der Waals surface area contributed by atoms with Gasteiger partial charge in [0.25, 0.3) is 5.91 Å². The molecule has 3 rings (SSSR count). The molecule has 132 valence electrons. The summed E-state index contributed by atoms with van der Waals surface area (Å²) in [5.74, 6) is -0.182. The Morgan fingerprint density at radius 2 is 1.92 bits per heavy atom. The number of hydrogen-bond donors (Lipinski definition) is 1. The first-order valence-corrected chi connectivity index (χ1v) is 8.69. The molecule has 1 heterocycles. The Kier molecular flexibility index (Phi) is 5.60. The molecule has 0 atom stereocenters. The fourth-order valence-corrected chi connectivity index (χ4v) is 2.78. The van der Waals surface area contributed by atoms with E-state index >= 15 is 0 Å². The van der Waals surface area contributed by atoms with E-state index in [0.29, 0.717) is 29.2 Å². The van der Waals surface area contributed by atoms with Crippen molar-refractivity contribution < 1.29 is 19.1 Å². The molecule has 0 saturated heterocycles. The molecule has 0 aliphatic rings. The maximum Gasteiger partial charge on any atom is 0.337 e. The third-order valence-corrected chi connectivity index (χ3v) is 4.14. The lowest BCUT2D eigenvalue weighted by atomic mass is 10.1. The van der Waals surface area contributed by atoms with Gasteiger partial charge >= 0.3 is 5.97 Å². The van der Waals surface area contributed by atoms with E-state index in [2.05, 4.69) is 15.0 Å². The van der Waals surface area contributed by atoms with Crippen molar-refractivity contribution >= 4 is 28.9 Å². The molecule has 26 heavy (non-hydrogen) atoms. The Morgan fingerprint density at radius 1 is 1.12 bits per heavy atom. The van der Waals surface area contributed by atoms with E-state index in [0.717, 1.165) is 5.69 Å². The molecule has 0 aliphatic heterocycles. The Bertz CT molecular complexity index is 909. The first-order valence-electron chi connectivity index (χ1n) is 7.75. The van der Waals surface area contributed by atoms with Crippen molar-refractivity contribution in [2.45, 2.75) is 6.61 Å². The van der Waals surface area contributed by atoms with Crippen LogP contribution in [0.2, 0.25) is 0 Å². The van der Waals surface area contributed by atoms with Crippen LogP contribution in [0.1, 0.15) is 26.4 Å². The molecule has 6 nitrogen and oxygen atoms in total. The van der Waals surface area contributed by atoms with E-state index < -0.39 is 5.97 Å². The molecule has 1 aromatic heterocycles. The Labute approximate surface area is 154 Å². The number of thiazole rings is 1. The molecular weight excluding hydrogens is 352 g/mol. The highest BCUT2D eigenvalue weighted by atomic mass is 32.1. The molecule has 7 heteroatoms. The number of amides is 1. The molecule has 0 spiro atoms. The minimum absolute atomic E-state index is 0.300. The number of nitrogens with one attached hydrogen (secondary N) is 1. The zero-order chi connectivity index (χ0) is 18.4. The van der Waals surface area contributed by atoms with Gasteiger partial charge in [-0.15, -0.1) is 11.3 Å².